The maximum Gasteiger partial charge on any atom is 0.0587 e. The monoisotopic (exact) mass is 200 g/mol. The molecule has 3 atom stereocenters. The fourth-order valence-electron chi connectivity index (χ4n) is 2.14. The Morgan fingerprint density at radius 1 is 1.43 bits per heavy atom. The lowest BCUT2D eigenvalue weighted by Crippen LogP contribution is -2.47. The summed E-state index contributed by atoms with van der Waals surface area (Å²) in [5.74, 6) is 0.484. The van der Waals surface area contributed by atoms with Crippen molar-refractivity contribution < 1.29 is 5.11 Å². The van der Waals surface area contributed by atoms with Crippen LogP contribution in [0.1, 0.15) is 39.5 Å². The molecule has 0 aromatic heterocycles. The topological polar surface area (TPSA) is 58.3 Å². The van der Waals surface area contributed by atoms with E-state index in [1.165, 1.54) is 12.8 Å². The van der Waals surface area contributed by atoms with E-state index in [9.17, 15) is 5.11 Å². The molecule has 0 spiro atoms. The first kappa shape index (κ1) is 12.0. The van der Waals surface area contributed by atoms with Gasteiger partial charge in [0.25, 0.3) is 0 Å². The van der Waals surface area contributed by atoms with Crippen LogP contribution in [0.15, 0.2) is 0 Å². The maximum atomic E-state index is 9.20. The zero-order chi connectivity index (χ0) is 10.6. The Bertz CT molecular complexity index is 161. The van der Waals surface area contributed by atoms with Gasteiger partial charge in [0.1, 0.15) is 0 Å². The minimum Gasteiger partial charge on any atom is -0.395 e. The van der Waals surface area contributed by atoms with Gasteiger partial charge in [-0.05, 0) is 25.2 Å². The Balaban J connectivity index is 2.33. The van der Waals surface area contributed by atoms with Gasteiger partial charge in [-0.2, -0.15) is 0 Å². The zero-order valence-electron chi connectivity index (χ0n) is 9.37. The van der Waals surface area contributed by atoms with E-state index >= 15 is 0 Å². The molecule has 1 rings (SSSR count). The van der Waals surface area contributed by atoms with E-state index in [1.807, 2.05) is 0 Å². The van der Waals surface area contributed by atoms with Crippen LogP contribution in [0.4, 0.5) is 0 Å². The molecule has 0 aliphatic heterocycles. The van der Waals surface area contributed by atoms with E-state index < -0.39 is 0 Å². The number of nitrogens with two attached hydrogens (primary N) is 1. The van der Waals surface area contributed by atoms with Crippen molar-refractivity contribution in [2.24, 2.45) is 11.7 Å². The Hall–Kier alpha value is -0.120. The largest absolute Gasteiger partial charge is 0.395 e. The minimum absolute atomic E-state index is 0.226. The maximum absolute atomic E-state index is 9.20. The van der Waals surface area contributed by atoms with Gasteiger partial charge in [-0.3, -0.25) is 0 Å². The van der Waals surface area contributed by atoms with Crippen molar-refractivity contribution in [3.63, 3.8) is 0 Å². The third-order valence-corrected chi connectivity index (χ3v) is 3.17. The van der Waals surface area contributed by atoms with Crippen molar-refractivity contribution in [3.8, 4) is 0 Å². The van der Waals surface area contributed by atoms with Gasteiger partial charge in [0.2, 0.25) is 0 Å². The van der Waals surface area contributed by atoms with Crippen molar-refractivity contribution in [2.75, 3.05) is 6.61 Å². The van der Waals surface area contributed by atoms with Gasteiger partial charge in [0, 0.05) is 18.1 Å². The third kappa shape index (κ3) is 3.56. The van der Waals surface area contributed by atoms with E-state index in [1.54, 1.807) is 0 Å². The predicted molar refractivity (Wildman–Crippen MR) is 59.1 cm³/mol. The average Bonchev–Trinajstić information content (AvgIpc) is 2.14. The molecule has 0 amide bonds. The van der Waals surface area contributed by atoms with Crippen molar-refractivity contribution in [3.05, 3.63) is 0 Å². The van der Waals surface area contributed by atoms with Crippen LogP contribution in [0.5, 0.6) is 0 Å². The Kier molecular flexibility index (Phi) is 4.85. The number of hydrogen-bond acceptors (Lipinski definition) is 3. The van der Waals surface area contributed by atoms with Gasteiger partial charge in [-0.15, -0.1) is 0 Å². The third-order valence-electron chi connectivity index (χ3n) is 3.17. The van der Waals surface area contributed by atoms with Crippen LogP contribution in [0.25, 0.3) is 0 Å². The van der Waals surface area contributed by atoms with Crippen molar-refractivity contribution in [1.82, 2.24) is 5.32 Å². The summed E-state index contributed by atoms with van der Waals surface area (Å²) < 4.78 is 0. The molecule has 0 heterocycles. The van der Waals surface area contributed by atoms with Gasteiger partial charge < -0.3 is 16.2 Å². The summed E-state index contributed by atoms with van der Waals surface area (Å²) >= 11 is 0. The molecule has 0 saturated heterocycles. The van der Waals surface area contributed by atoms with E-state index in [0.29, 0.717) is 18.0 Å². The van der Waals surface area contributed by atoms with Crippen LogP contribution in [0.2, 0.25) is 0 Å². The van der Waals surface area contributed by atoms with Crippen LogP contribution < -0.4 is 11.1 Å². The molecule has 84 valence electrons. The molecule has 0 aromatic carbocycles. The quantitative estimate of drug-likeness (QED) is 0.631. The molecule has 3 nitrogen and oxygen atoms in total. The molecule has 14 heavy (non-hydrogen) atoms. The Labute approximate surface area is 87.1 Å². The highest BCUT2D eigenvalue weighted by Crippen LogP contribution is 2.18. The van der Waals surface area contributed by atoms with Gasteiger partial charge in [0.05, 0.1) is 6.61 Å². The first-order valence-corrected chi connectivity index (χ1v) is 5.76. The van der Waals surface area contributed by atoms with Crippen molar-refractivity contribution in [1.29, 1.82) is 0 Å². The van der Waals surface area contributed by atoms with Gasteiger partial charge in [0.15, 0.2) is 0 Å². The molecule has 0 radical (unpaired) electrons. The molecule has 1 aliphatic carbocycles. The highest BCUT2D eigenvalue weighted by molar-refractivity contribution is 4.83. The van der Waals surface area contributed by atoms with Gasteiger partial charge in [-0.25, -0.2) is 0 Å². The first-order chi connectivity index (χ1) is 6.63. The minimum atomic E-state index is 0.226. The fraction of sp³-hybridized carbons (Fsp3) is 1.00. The summed E-state index contributed by atoms with van der Waals surface area (Å²) in [6.07, 6.45) is 4.64. The summed E-state index contributed by atoms with van der Waals surface area (Å²) in [7, 11) is 0. The SMILES string of the molecule is CC(C)[C@@H](CO)NC1CCCC(N)C1. The normalized spacial score (nSPS) is 30.6. The fourth-order valence-corrected chi connectivity index (χ4v) is 2.14. The molecule has 1 aliphatic rings. The second-order valence-electron chi connectivity index (χ2n) is 4.82. The molecule has 4 N–H and O–H groups in total. The van der Waals surface area contributed by atoms with Crippen LogP contribution >= 0.6 is 0 Å². The highest BCUT2D eigenvalue weighted by Gasteiger charge is 2.22. The number of aliphatic hydroxyl groups excluding tert-OH is 1. The first-order valence-electron chi connectivity index (χ1n) is 5.76. The second-order valence-corrected chi connectivity index (χ2v) is 4.82. The lowest BCUT2D eigenvalue weighted by Gasteiger charge is -2.32. The molecular weight excluding hydrogens is 176 g/mol. The van der Waals surface area contributed by atoms with E-state index in [0.717, 1.165) is 12.8 Å². The van der Waals surface area contributed by atoms with E-state index in [-0.39, 0.29) is 12.6 Å². The zero-order valence-corrected chi connectivity index (χ0v) is 9.37. The van der Waals surface area contributed by atoms with E-state index in [2.05, 4.69) is 19.2 Å². The summed E-state index contributed by atoms with van der Waals surface area (Å²) in [6.45, 7) is 4.50. The van der Waals surface area contributed by atoms with Crippen LogP contribution in [-0.2, 0) is 0 Å². The smallest absolute Gasteiger partial charge is 0.0587 e. The molecule has 3 heteroatoms. The molecular formula is C11H24N2O. The van der Waals surface area contributed by atoms with Crippen molar-refractivity contribution >= 4 is 0 Å². The number of aliphatic hydroxyl groups is 1. The lowest BCUT2D eigenvalue weighted by molar-refractivity contribution is 0.185. The summed E-state index contributed by atoms with van der Waals surface area (Å²) in [5.41, 5.74) is 5.92. The average molecular weight is 200 g/mol. The molecule has 0 bridgehead atoms. The van der Waals surface area contributed by atoms with Crippen LogP contribution in [0.3, 0.4) is 0 Å². The molecule has 0 aromatic rings. The van der Waals surface area contributed by atoms with E-state index in [4.69, 9.17) is 5.73 Å². The Morgan fingerprint density at radius 3 is 2.64 bits per heavy atom. The summed E-state index contributed by atoms with van der Waals surface area (Å²) in [4.78, 5) is 0. The number of hydrogen-bond donors (Lipinski definition) is 3. The molecule has 2 unspecified atom stereocenters. The molecule has 1 fully saturated rings. The summed E-state index contributed by atoms with van der Waals surface area (Å²) in [6, 6.07) is 1.09. The van der Waals surface area contributed by atoms with Crippen LogP contribution in [-0.4, -0.2) is 29.8 Å². The highest BCUT2D eigenvalue weighted by atomic mass is 16.3. The summed E-state index contributed by atoms with van der Waals surface area (Å²) in [5, 5.41) is 12.7. The predicted octanol–water partition coefficient (Wildman–Crippen LogP) is 0.863. The van der Waals surface area contributed by atoms with Crippen molar-refractivity contribution in [2.45, 2.75) is 57.7 Å². The molecule has 1 saturated carbocycles. The van der Waals surface area contributed by atoms with Gasteiger partial charge in [-0.1, -0.05) is 20.3 Å². The number of nitrogens with one attached hydrogen (secondary N) is 1. The van der Waals surface area contributed by atoms with Gasteiger partial charge >= 0.3 is 0 Å². The number of rotatable bonds is 4. The Morgan fingerprint density at radius 2 is 2.14 bits per heavy atom. The second kappa shape index (κ2) is 5.69. The van der Waals surface area contributed by atoms with Crippen LogP contribution in [0, 0.1) is 5.92 Å². The lowest BCUT2D eigenvalue weighted by atomic mass is 9.90. The standard InChI is InChI=1S/C11H24N2O/c1-8(2)11(7-14)13-10-5-3-4-9(12)6-10/h8-11,13-14H,3-7,12H2,1-2H3/t9?,10?,11-/m1/s1.